The van der Waals surface area contributed by atoms with E-state index < -0.39 is 0 Å². The number of halogens is 1. The second-order valence-electron chi connectivity index (χ2n) is 5.00. The summed E-state index contributed by atoms with van der Waals surface area (Å²) in [6, 6.07) is 17.1. The lowest BCUT2D eigenvalue weighted by Crippen LogP contribution is -2.39. The largest absolute Gasteiger partial charge is 0.465 e. The minimum Gasteiger partial charge on any atom is -0.465 e. The van der Waals surface area contributed by atoms with Gasteiger partial charge in [0.25, 0.3) is 0 Å². The van der Waals surface area contributed by atoms with Gasteiger partial charge in [0.15, 0.2) is 0 Å². The molecule has 2 rings (SSSR count). The molecule has 0 aliphatic rings. The molecule has 2 aromatic carbocycles. The maximum Gasteiger partial charge on any atom is 0.323 e. The molecule has 0 radical (unpaired) electrons. The summed E-state index contributed by atoms with van der Waals surface area (Å²) in [6.07, 6.45) is 0.572. The van der Waals surface area contributed by atoms with Gasteiger partial charge in [0.2, 0.25) is 0 Å². The van der Waals surface area contributed by atoms with E-state index in [1.165, 1.54) is 0 Å². The zero-order chi connectivity index (χ0) is 15.8. The van der Waals surface area contributed by atoms with Gasteiger partial charge in [-0.2, -0.15) is 0 Å². The molecular formula is C18H20ClNO2. The smallest absolute Gasteiger partial charge is 0.323 e. The molecule has 4 heteroatoms. The number of esters is 1. The van der Waals surface area contributed by atoms with Gasteiger partial charge in [-0.05, 0) is 36.6 Å². The first-order chi connectivity index (χ1) is 10.7. The topological polar surface area (TPSA) is 38.3 Å². The van der Waals surface area contributed by atoms with E-state index in [0.717, 1.165) is 11.1 Å². The Balaban J connectivity index is 2.02. The van der Waals surface area contributed by atoms with Gasteiger partial charge in [0, 0.05) is 11.6 Å². The highest BCUT2D eigenvalue weighted by Gasteiger charge is 2.19. The molecule has 0 aliphatic carbocycles. The third-order valence-electron chi connectivity index (χ3n) is 3.32. The Labute approximate surface area is 136 Å². The summed E-state index contributed by atoms with van der Waals surface area (Å²) in [5.74, 6) is -0.228. The number of carbonyl (C=O) groups excluding carboxylic acids is 1. The molecule has 1 N–H and O–H groups in total. The molecular weight excluding hydrogens is 298 g/mol. The summed E-state index contributed by atoms with van der Waals surface area (Å²) in [5, 5.41) is 3.96. The van der Waals surface area contributed by atoms with Crippen LogP contribution in [0.15, 0.2) is 54.6 Å². The van der Waals surface area contributed by atoms with E-state index in [4.69, 9.17) is 16.3 Å². The molecule has 116 valence electrons. The lowest BCUT2D eigenvalue weighted by Gasteiger charge is -2.17. The highest BCUT2D eigenvalue weighted by molar-refractivity contribution is 6.30. The van der Waals surface area contributed by atoms with Gasteiger partial charge >= 0.3 is 5.97 Å². The van der Waals surface area contributed by atoms with E-state index in [1.54, 1.807) is 0 Å². The van der Waals surface area contributed by atoms with Gasteiger partial charge < -0.3 is 10.1 Å². The van der Waals surface area contributed by atoms with Crippen LogP contribution in [0.5, 0.6) is 0 Å². The lowest BCUT2D eigenvalue weighted by atomic mass is 10.1. The molecule has 0 unspecified atom stereocenters. The molecule has 1 atom stereocenters. The normalized spacial score (nSPS) is 11.9. The van der Waals surface area contributed by atoms with Crippen molar-refractivity contribution in [2.75, 3.05) is 6.61 Å². The van der Waals surface area contributed by atoms with Crippen molar-refractivity contribution >= 4 is 17.6 Å². The fraction of sp³-hybridized carbons (Fsp3) is 0.278. The summed E-state index contributed by atoms with van der Waals surface area (Å²) >= 11 is 5.89. The second kappa shape index (κ2) is 8.57. The number of benzene rings is 2. The van der Waals surface area contributed by atoms with Gasteiger partial charge in [0.05, 0.1) is 6.61 Å². The molecule has 0 aromatic heterocycles. The van der Waals surface area contributed by atoms with E-state index in [0.29, 0.717) is 24.6 Å². The van der Waals surface area contributed by atoms with Crippen LogP contribution in [0.25, 0.3) is 0 Å². The van der Waals surface area contributed by atoms with Gasteiger partial charge in [-0.15, -0.1) is 0 Å². The van der Waals surface area contributed by atoms with Crippen molar-refractivity contribution in [2.24, 2.45) is 0 Å². The first kappa shape index (κ1) is 16.5. The van der Waals surface area contributed by atoms with E-state index in [-0.39, 0.29) is 12.0 Å². The molecule has 2 aromatic rings. The van der Waals surface area contributed by atoms with E-state index in [9.17, 15) is 4.79 Å². The number of rotatable bonds is 7. The summed E-state index contributed by atoms with van der Waals surface area (Å²) in [4.78, 5) is 12.1. The van der Waals surface area contributed by atoms with Gasteiger partial charge in [-0.25, -0.2) is 0 Å². The fourth-order valence-corrected chi connectivity index (χ4v) is 2.30. The quantitative estimate of drug-likeness (QED) is 0.793. The molecule has 0 heterocycles. The molecule has 3 nitrogen and oxygen atoms in total. The summed E-state index contributed by atoms with van der Waals surface area (Å²) in [6.45, 7) is 2.81. The van der Waals surface area contributed by atoms with Crippen LogP contribution in [0.2, 0.25) is 5.02 Å². The Bertz CT molecular complexity index is 584. The van der Waals surface area contributed by atoms with Crippen LogP contribution in [0.1, 0.15) is 18.1 Å². The molecule has 0 aliphatic heterocycles. The zero-order valence-corrected chi connectivity index (χ0v) is 13.3. The van der Waals surface area contributed by atoms with Crippen molar-refractivity contribution in [3.63, 3.8) is 0 Å². The highest BCUT2D eigenvalue weighted by atomic mass is 35.5. The average Bonchev–Trinajstić information content (AvgIpc) is 2.54. The van der Waals surface area contributed by atoms with Gasteiger partial charge in [-0.1, -0.05) is 54.1 Å². The fourth-order valence-electron chi connectivity index (χ4n) is 2.17. The third-order valence-corrected chi connectivity index (χ3v) is 3.57. The Morgan fingerprint density at radius 2 is 1.77 bits per heavy atom. The molecule has 22 heavy (non-hydrogen) atoms. The van der Waals surface area contributed by atoms with E-state index in [1.807, 2.05) is 61.5 Å². The van der Waals surface area contributed by atoms with Crippen LogP contribution in [0.4, 0.5) is 0 Å². The SMILES string of the molecule is CCOC(=O)[C@H](Cc1ccc(Cl)cc1)NCc1ccccc1. The zero-order valence-electron chi connectivity index (χ0n) is 12.6. The number of carbonyl (C=O) groups is 1. The molecule has 0 saturated carbocycles. The maximum atomic E-state index is 12.1. The van der Waals surface area contributed by atoms with Crippen molar-refractivity contribution in [2.45, 2.75) is 25.9 Å². The monoisotopic (exact) mass is 317 g/mol. The van der Waals surface area contributed by atoms with Crippen molar-refractivity contribution < 1.29 is 9.53 Å². The van der Waals surface area contributed by atoms with Crippen LogP contribution >= 0.6 is 11.6 Å². The summed E-state index contributed by atoms with van der Waals surface area (Å²) in [5.41, 5.74) is 2.18. The average molecular weight is 318 g/mol. The Kier molecular flexibility index (Phi) is 6.44. The van der Waals surface area contributed by atoms with Crippen LogP contribution in [-0.2, 0) is 22.5 Å². The predicted octanol–water partition coefficient (Wildman–Crippen LogP) is 3.60. The third kappa shape index (κ3) is 5.17. The highest BCUT2D eigenvalue weighted by Crippen LogP contribution is 2.12. The number of ether oxygens (including phenoxy) is 1. The maximum absolute atomic E-state index is 12.1. The van der Waals surface area contributed by atoms with Crippen molar-refractivity contribution in [1.29, 1.82) is 0 Å². The minimum atomic E-state index is -0.374. The van der Waals surface area contributed by atoms with E-state index in [2.05, 4.69) is 5.32 Å². The molecule has 0 fully saturated rings. The van der Waals surface area contributed by atoms with Crippen LogP contribution < -0.4 is 5.32 Å². The molecule has 0 bridgehead atoms. The summed E-state index contributed by atoms with van der Waals surface area (Å²) in [7, 11) is 0. The number of hydrogen-bond donors (Lipinski definition) is 1. The lowest BCUT2D eigenvalue weighted by molar-refractivity contribution is -0.145. The number of nitrogens with one attached hydrogen (secondary N) is 1. The van der Waals surface area contributed by atoms with Crippen LogP contribution in [-0.4, -0.2) is 18.6 Å². The first-order valence-electron chi connectivity index (χ1n) is 7.37. The van der Waals surface area contributed by atoms with Crippen LogP contribution in [0.3, 0.4) is 0 Å². The van der Waals surface area contributed by atoms with Crippen LogP contribution in [0, 0.1) is 0 Å². The Morgan fingerprint density at radius 3 is 2.41 bits per heavy atom. The van der Waals surface area contributed by atoms with Gasteiger partial charge in [0.1, 0.15) is 6.04 Å². The molecule has 0 spiro atoms. The minimum absolute atomic E-state index is 0.228. The summed E-state index contributed by atoms with van der Waals surface area (Å²) < 4.78 is 5.16. The molecule has 0 amide bonds. The van der Waals surface area contributed by atoms with E-state index >= 15 is 0 Å². The van der Waals surface area contributed by atoms with Crippen molar-refractivity contribution in [3.8, 4) is 0 Å². The standard InChI is InChI=1S/C18H20ClNO2/c1-2-22-18(21)17(12-14-8-10-16(19)11-9-14)20-13-15-6-4-3-5-7-15/h3-11,17,20H,2,12-13H2,1H3/t17-/m0/s1. The second-order valence-corrected chi connectivity index (χ2v) is 5.44. The predicted molar refractivity (Wildman–Crippen MR) is 88.9 cm³/mol. The van der Waals surface area contributed by atoms with Gasteiger partial charge in [-0.3, -0.25) is 4.79 Å². The Morgan fingerprint density at radius 1 is 1.09 bits per heavy atom. The molecule has 0 saturated heterocycles. The number of hydrogen-bond acceptors (Lipinski definition) is 3. The Hall–Kier alpha value is -1.84. The first-order valence-corrected chi connectivity index (χ1v) is 7.75. The van der Waals surface area contributed by atoms with Crippen molar-refractivity contribution in [3.05, 3.63) is 70.7 Å². The van der Waals surface area contributed by atoms with Crippen molar-refractivity contribution in [1.82, 2.24) is 5.32 Å².